The van der Waals surface area contributed by atoms with Gasteiger partial charge in [0.15, 0.2) is 6.61 Å². The van der Waals surface area contributed by atoms with Crippen molar-refractivity contribution in [2.45, 2.75) is 19.8 Å². The lowest BCUT2D eigenvalue weighted by molar-refractivity contribution is -0.130. The number of rotatable bonds is 7. The van der Waals surface area contributed by atoms with Crippen LogP contribution in [0.3, 0.4) is 0 Å². The zero-order valence-electron chi connectivity index (χ0n) is 15.6. The molecule has 0 saturated heterocycles. The SMILES string of the molecule is Cc1cc(OCC(=O)NNC(=O)CCc2nc(-c3ccccc3)no2)ccc1Cl. The number of benzene rings is 2. The molecular formula is C20H19ClN4O4. The molecule has 0 bridgehead atoms. The molecule has 2 aromatic carbocycles. The van der Waals surface area contributed by atoms with Gasteiger partial charge in [-0.05, 0) is 30.7 Å². The number of ether oxygens (including phenoxy) is 1. The fourth-order valence-electron chi connectivity index (χ4n) is 2.38. The Balaban J connectivity index is 1.38. The van der Waals surface area contributed by atoms with E-state index in [-0.39, 0.29) is 25.4 Å². The fourth-order valence-corrected chi connectivity index (χ4v) is 2.49. The molecule has 1 heterocycles. The zero-order valence-corrected chi connectivity index (χ0v) is 16.4. The van der Waals surface area contributed by atoms with Crippen LogP contribution in [0, 0.1) is 6.92 Å². The second-order valence-electron chi connectivity index (χ2n) is 6.17. The van der Waals surface area contributed by atoms with E-state index in [1.807, 2.05) is 37.3 Å². The van der Waals surface area contributed by atoms with Crippen molar-refractivity contribution in [1.29, 1.82) is 0 Å². The van der Waals surface area contributed by atoms with Gasteiger partial charge in [0.2, 0.25) is 17.6 Å². The Morgan fingerprint density at radius 2 is 1.86 bits per heavy atom. The van der Waals surface area contributed by atoms with Crippen LogP contribution in [-0.4, -0.2) is 28.6 Å². The first kappa shape index (κ1) is 20.3. The Hall–Kier alpha value is -3.39. The monoisotopic (exact) mass is 414 g/mol. The third-order valence-electron chi connectivity index (χ3n) is 3.91. The molecule has 0 fully saturated rings. The first-order chi connectivity index (χ1) is 14.0. The first-order valence-corrected chi connectivity index (χ1v) is 9.23. The van der Waals surface area contributed by atoms with Crippen molar-refractivity contribution in [3.05, 3.63) is 65.0 Å². The Morgan fingerprint density at radius 1 is 1.10 bits per heavy atom. The molecule has 0 aliphatic heterocycles. The summed E-state index contributed by atoms with van der Waals surface area (Å²) in [5, 5.41) is 4.51. The Labute approximate surface area is 172 Å². The molecule has 0 spiro atoms. The van der Waals surface area contributed by atoms with Gasteiger partial charge in [-0.25, -0.2) is 0 Å². The number of hydrogen-bond acceptors (Lipinski definition) is 6. The average molecular weight is 415 g/mol. The summed E-state index contributed by atoms with van der Waals surface area (Å²) in [5.74, 6) is 0.435. The molecule has 0 atom stereocenters. The number of aromatic nitrogens is 2. The van der Waals surface area contributed by atoms with Crippen molar-refractivity contribution in [3.8, 4) is 17.1 Å². The number of nitrogens with zero attached hydrogens (tertiary/aromatic N) is 2. The minimum atomic E-state index is -0.491. The summed E-state index contributed by atoms with van der Waals surface area (Å²) in [5.41, 5.74) is 6.28. The van der Waals surface area contributed by atoms with Crippen LogP contribution in [0.4, 0.5) is 0 Å². The minimum Gasteiger partial charge on any atom is -0.484 e. The molecule has 1 aromatic heterocycles. The van der Waals surface area contributed by atoms with Crippen LogP contribution in [0.15, 0.2) is 53.1 Å². The first-order valence-electron chi connectivity index (χ1n) is 8.86. The highest BCUT2D eigenvalue weighted by Crippen LogP contribution is 2.20. The number of carbonyl (C=O) groups excluding carboxylic acids is 2. The highest BCUT2D eigenvalue weighted by molar-refractivity contribution is 6.31. The van der Waals surface area contributed by atoms with E-state index in [4.69, 9.17) is 20.9 Å². The van der Waals surface area contributed by atoms with Crippen LogP contribution in [0.5, 0.6) is 5.75 Å². The van der Waals surface area contributed by atoms with Crippen LogP contribution >= 0.6 is 11.6 Å². The lowest BCUT2D eigenvalue weighted by Crippen LogP contribution is -2.43. The molecule has 3 rings (SSSR count). The lowest BCUT2D eigenvalue weighted by Gasteiger charge is -2.09. The van der Waals surface area contributed by atoms with Crippen molar-refractivity contribution < 1.29 is 18.8 Å². The molecule has 0 saturated carbocycles. The van der Waals surface area contributed by atoms with E-state index in [1.165, 1.54) is 0 Å². The Morgan fingerprint density at radius 3 is 2.62 bits per heavy atom. The maximum atomic E-state index is 11.9. The summed E-state index contributed by atoms with van der Waals surface area (Å²) in [6, 6.07) is 14.4. The summed E-state index contributed by atoms with van der Waals surface area (Å²) in [6.45, 7) is 1.59. The van der Waals surface area contributed by atoms with Gasteiger partial charge in [0.05, 0.1) is 0 Å². The molecule has 0 aliphatic carbocycles. The molecule has 29 heavy (non-hydrogen) atoms. The molecule has 9 heteroatoms. The molecule has 0 unspecified atom stereocenters. The number of hydrazine groups is 1. The summed E-state index contributed by atoms with van der Waals surface area (Å²) in [4.78, 5) is 27.9. The van der Waals surface area contributed by atoms with Crippen molar-refractivity contribution in [3.63, 3.8) is 0 Å². The fraction of sp³-hybridized carbons (Fsp3) is 0.200. The number of hydrogen-bond donors (Lipinski definition) is 2. The summed E-state index contributed by atoms with van der Waals surface area (Å²) in [6.07, 6.45) is 0.329. The minimum absolute atomic E-state index is 0.0773. The van der Waals surface area contributed by atoms with Crippen LogP contribution in [0.25, 0.3) is 11.4 Å². The highest BCUT2D eigenvalue weighted by atomic mass is 35.5. The van der Waals surface area contributed by atoms with Crippen LogP contribution in [-0.2, 0) is 16.0 Å². The summed E-state index contributed by atoms with van der Waals surface area (Å²) >= 11 is 5.94. The van der Waals surface area contributed by atoms with Crippen LogP contribution in [0.1, 0.15) is 17.9 Å². The van der Waals surface area contributed by atoms with Gasteiger partial charge in [0.25, 0.3) is 5.91 Å². The molecule has 2 amide bonds. The van der Waals surface area contributed by atoms with Gasteiger partial charge in [0, 0.05) is 23.4 Å². The van der Waals surface area contributed by atoms with E-state index in [0.717, 1.165) is 11.1 Å². The van der Waals surface area contributed by atoms with Gasteiger partial charge in [0.1, 0.15) is 5.75 Å². The van der Waals surface area contributed by atoms with Gasteiger partial charge < -0.3 is 9.26 Å². The molecule has 150 valence electrons. The largest absolute Gasteiger partial charge is 0.484 e. The molecule has 0 aliphatic rings. The molecule has 8 nitrogen and oxygen atoms in total. The zero-order chi connectivity index (χ0) is 20.6. The van der Waals surface area contributed by atoms with E-state index in [2.05, 4.69) is 21.0 Å². The lowest BCUT2D eigenvalue weighted by atomic mass is 10.2. The van der Waals surface area contributed by atoms with E-state index >= 15 is 0 Å². The Bertz CT molecular complexity index is 991. The number of aryl methyl sites for hydroxylation is 2. The topological polar surface area (TPSA) is 106 Å². The second kappa shape index (κ2) is 9.70. The van der Waals surface area contributed by atoms with Gasteiger partial charge in [-0.3, -0.25) is 20.4 Å². The van der Waals surface area contributed by atoms with E-state index in [1.54, 1.807) is 18.2 Å². The average Bonchev–Trinajstić information content (AvgIpc) is 3.21. The normalized spacial score (nSPS) is 10.4. The predicted octanol–water partition coefficient (Wildman–Crippen LogP) is 2.86. The van der Waals surface area contributed by atoms with Gasteiger partial charge >= 0.3 is 0 Å². The number of carbonyl (C=O) groups is 2. The second-order valence-corrected chi connectivity index (χ2v) is 6.58. The van der Waals surface area contributed by atoms with Crippen molar-refractivity contribution in [1.82, 2.24) is 21.0 Å². The van der Waals surface area contributed by atoms with E-state index in [0.29, 0.717) is 22.5 Å². The van der Waals surface area contributed by atoms with E-state index in [9.17, 15) is 9.59 Å². The molecule has 3 aromatic rings. The maximum absolute atomic E-state index is 11.9. The van der Waals surface area contributed by atoms with Gasteiger partial charge in [-0.2, -0.15) is 4.98 Å². The maximum Gasteiger partial charge on any atom is 0.276 e. The third kappa shape index (κ3) is 6.05. The van der Waals surface area contributed by atoms with E-state index < -0.39 is 5.91 Å². The standard InChI is InChI=1S/C20H19ClN4O4/c1-13-11-15(7-8-16(13)21)28-12-18(27)24-23-17(26)9-10-19-22-20(25-29-19)14-5-3-2-4-6-14/h2-8,11H,9-10,12H2,1H3,(H,23,26)(H,24,27). The summed E-state index contributed by atoms with van der Waals surface area (Å²) in [7, 11) is 0. The molecular weight excluding hydrogens is 396 g/mol. The number of nitrogens with one attached hydrogen (secondary N) is 2. The summed E-state index contributed by atoms with van der Waals surface area (Å²) < 4.78 is 10.5. The Kier molecular flexibility index (Phi) is 6.80. The molecule has 2 N–H and O–H groups in total. The quantitative estimate of drug-likeness (QED) is 0.576. The van der Waals surface area contributed by atoms with Gasteiger partial charge in [-0.1, -0.05) is 47.1 Å². The van der Waals surface area contributed by atoms with Gasteiger partial charge in [-0.15, -0.1) is 0 Å². The highest BCUT2D eigenvalue weighted by Gasteiger charge is 2.11. The number of amides is 2. The van der Waals surface area contributed by atoms with Crippen LogP contribution < -0.4 is 15.6 Å². The third-order valence-corrected chi connectivity index (χ3v) is 4.33. The van der Waals surface area contributed by atoms with Crippen molar-refractivity contribution in [2.75, 3.05) is 6.61 Å². The van der Waals surface area contributed by atoms with Crippen LogP contribution in [0.2, 0.25) is 5.02 Å². The van der Waals surface area contributed by atoms with Crippen molar-refractivity contribution >= 4 is 23.4 Å². The molecule has 0 radical (unpaired) electrons. The predicted molar refractivity (Wildman–Crippen MR) is 106 cm³/mol. The smallest absolute Gasteiger partial charge is 0.276 e. The van der Waals surface area contributed by atoms with Crippen molar-refractivity contribution in [2.24, 2.45) is 0 Å². The number of halogens is 1.